The molecular formula is C15H14FNOS2. The molecule has 0 bridgehead atoms. The summed E-state index contributed by atoms with van der Waals surface area (Å²) in [6.07, 6.45) is 0. The molecule has 1 aliphatic rings. The van der Waals surface area contributed by atoms with Crippen molar-refractivity contribution in [3.8, 4) is 0 Å². The van der Waals surface area contributed by atoms with Crippen molar-refractivity contribution in [2.75, 3.05) is 12.3 Å². The first-order valence-corrected chi connectivity index (χ1v) is 8.26. The van der Waals surface area contributed by atoms with Gasteiger partial charge in [-0.1, -0.05) is 0 Å². The van der Waals surface area contributed by atoms with Crippen LogP contribution in [-0.2, 0) is 0 Å². The number of amides is 1. The summed E-state index contributed by atoms with van der Waals surface area (Å²) in [5, 5.41) is 0.0891. The monoisotopic (exact) mass is 307 g/mol. The second-order valence-corrected chi connectivity index (χ2v) is 7.18. The molecule has 0 saturated carbocycles. The Hall–Kier alpha value is -1.33. The SMILES string of the molecule is Cc1ccc([C@@H]2SCCN2C(=O)c2ccc(F)cc2)s1. The Morgan fingerprint density at radius 2 is 2.00 bits per heavy atom. The third-order valence-corrected chi connectivity index (χ3v) is 5.69. The minimum absolute atomic E-state index is 0.0222. The van der Waals surface area contributed by atoms with Crippen LogP contribution >= 0.6 is 23.1 Å². The molecule has 20 heavy (non-hydrogen) atoms. The van der Waals surface area contributed by atoms with Crippen LogP contribution < -0.4 is 0 Å². The fourth-order valence-electron chi connectivity index (χ4n) is 2.26. The van der Waals surface area contributed by atoms with E-state index in [0.717, 1.165) is 12.3 Å². The van der Waals surface area contributed by atoms with Crippen molar-refractivity contribution >= 4 is 29.0 Å². The van der Waals surface area contributed by atoms with E-state index < -0.39 is 0 Å². The second-order valence-electron chi connectivity index (χ2n) is 4.68. The molecule has 5 heteroatoms. The summed E-state index contributed by atoms with van der Waals surface area (Å²) in [7, 11) is 0. The highest BCUT2D eigenvalue weighted by Crippen LogP contribution is 2.41. The highest BCUT2D eigenvalue weighted by Gasteiger charge is 2.32. The van der Waals surface area contributed by atoms with Crippen molar-refractivity contribution in [3.05, 3.63) is 57.5 Å². The number of rotatable bonds is 2. The van der Waals surface area contributed by atoms with Gasteiger partial charge >= 0.3 is 0 Å². The van der Waals surface area contributed by atoms with E-state index >= 15 is 0 Å². The zero-order chi connectivity index (χ0) is 14.1. The summed E-state index contributed by atoms with van der Waals surface area (Å²) < 4.78 is 12.9. The van der Waals surface area contributed by atoms with E-state index in [0.29, 0.717) is 5.56 Å². The number of nitrogens with zero attached hydrogens (tertiary/aromatic N) is 1. The van der Waals surface area contributed by atoms with E-state index in [2.05, 4.69) is 19.1 Å². The topological polar surface area (TPSA) is 20.3 Å². The Morgan fingerprint density at radius 3 is 2.65 bits per heavy atom. The molecule has 0 unspecified atom stereocenters. The standard InChI is InChI=1S/C15H14FNOS2/c1-10-2-7-13(20-10)15-17(8-9-19-15)14(18)11-3-5-12(16)6-4-11/h2-7,15H,8-9H2,1H3/t15-/m0/s1. The van der Waals surface area contributed by atoms with Crippen molar-refractivity contribution in [2.24, 2.45) is 0 Å². The molecule has 1 aromatic heterocycles. The summed E-state index contributed by atoms with van der Waals surface area (Å²) in [6, 6.07) is 9.95. The van der Waals surface area contributed by atoms with Crippen LogP contribution in [0.1, 0.15) is 25.5 Å². The first-order chi connectivity index (χ1) is 9.65. The van der Waals surface area contributed by atoms with Gasteiger partial charge in [0.15, 0.2) is 0 Å². The van der Waals surface area contributed by atoms with Crippen LogP contribution in [0.2, 0.25) is 0 Å². The molecule has 0 spiro atoms. The van der Waals surface area contributed by atoms with Crippen molar-refractivity contribution < 1.29 is 9.18 Å². The van der Waals surface area contributed by atoms with Crippen LogP contribution in [0.4, 0.5) is 4.39 Å². The second kappa shape index (κ2) is 5.58. The Morgan fingerprint density at radius 1 is 1.25 bits per heavy atom. The number of carbonyl (C=O) groups excluding carboxylic acids is 1. The van der Waals surface area contributed by atoms with E-state index in [1.54, 1.807) is 35.2 Å². The minimum atomic E-state index is -0.317. The molecule has 1 amide bonds. The molecule has 0 radical (unpaired) electrons. The number of benzene rings is 1. The van der Waals surface area contributed by atoms with Crippen molar-refractivity contribution in [2.45, 2.75) is 12.3 Å². The van der Waals surface area contributed by atoms with Crippen LogP contribution in [-0.4, -0.2) is 23.1 Å². The van der Waals surface area contributed by atoms with Gasteiger partial charge in [-0.25, -0.2) is 4.39 Å². The van der Waals surface area contributed by atoms with Gasteiger partial charge in [-0.15, -0.1) is 23.1 Å². The Bertz CT molecular complexity index is 623. The van der Waals surface area contributed by atoms with Gasteiger partial charge in [0.05, 0.1) is 0 Å². The summed E-state index contributed by atoms with van der Waals surface area (Å²) in [6.45, 7) is 2.81. The van der Waals surface area contributed by atoms with Gasteiger partial charge in [-0.3, -0.25) is 4.79 Å². The van der Waals surface area contributed by atoms with Gasteiger partial charge in [-0.2, -0.15) is 0 Å². The third kappa shape index (κ3) is 2.60. The summed E-state index contributed by atoms with van der Waals surface area (Å²) in [5.74, 6) is 0.600. The van der Waals surface area contributed by atoms with E-state index in [1.807, 2.05) is 4.90 Å². The van der Waals surface area contributed by atoms with Crippen molar-refractivity contribution in [3.63, 3.8) is 0 Å². The third-order valence-electron chi connectivity index (χ3n) is 3.25. The van der Waals surface area contributed by atoms with Crippen LogP contribution in [0.5, 0.6) is 0 Å². The Kier molecular flexibility index (Phi) is 3.81. The van der Waals surface area contributed by atoms with E-state index in [9.17, 15) is 9.18 Å². The highest BCUT2D eigenvalue weighted by atomic mass is 32.2. The van der Waals surface area contributed by atoms with Gasteiger partial charge in [0.25, 0.3) is 5.91 Å². The predicted octanol–water partition coefficient (Wildman–Crippen LogP) is 4.08. The first kappa shape index (κ1) is 13.6. The molecule has 1 atom stereocenters. The summed E-state index contributed by atoms with van der Waals surface area (Å²) >= 11 is 3.51. The van der Waals surface area contributed by atoms with Crippen LogP contribution in [0.25, 0.3) is 0 Å². The molecule has 2 aromatic rings. The molecule has 104 valence electrons. The van der Waals surface area contributed by atoms with Crippen LogP contribution in [0, 0.1) is 12.7 Å². The number of halogens is 1. The lowest BCUT2D eigenvalue weighted by atomic mass is 10.2. The quantitative estimate of drug-likeness (QED) is 0.833. The molecule has 2 heterocycles. The molecule has 0 aliphatic carbocycles. The average molecular weight is 307 g/mol. The van der Waals surface area contributed by atoms with Gasteiger partial charge in [0.2, 0.25) is 0 Å². The summed E-state index contributed by atoms with van der Waals surface area (Å²) in [5.41, 5.74) is 0.548. The minimum Gasteiger partial charge on any atom is -0.321 e. The molecule has 1 fully saturated rings. The number of thioether (sulfide) groups is 1. The number of thiophene rings is 1. The zero-order valence-electron chi connectivity index (χ0n) is 11.0. The van der Waals surface area contributed by atoms with E-state index in [1.165, 1.54) is 21.9 Å². The van der Waals surface area contributed by atoms with Gasteiger partial charge in [0, 0.05) is 27.6 Å². The Balaban J connectivity index is 1.85. The molecule has 1 aliphatic heterocycles. The summed E-state index contributed by atoms with van der Waals surface area (Å²) in [4.78, 5) is 16.9. The number of aryl methyl sites for hydroxylation is 1. The van der Waals surface area contributed by atoms with Gasteiger partial charge in [0.1, 0.15) is 11.2 Å². The highest BCUT2D eigenvalue weighted by molar-refractivity contribution is 7.99. The first-order valence-electron chi connectivity index (χ1n) is 6.39. The van der Waals surface area contributed by atoms with Crippen LogP contribution in [0.3, 0.4) is 0 Å². The molecule has 3 rings (SSSR count). The van der Waals surface area contributed by atoms with Crippen molar-refractivity contribution in [1.82, 2.24) is 4.90 Å². The number of carbonyl (C=O) groups is 1. The maximum absolute atomic E-state index is 12.9. The van der Waals surface area contributed by atoms with Gasteiger partial charge < -0.3 is 4.90 Å². The molecule has 1 saturated heterocycles. The fraction of sp³-hybridized carbons (Fsp3) is 0.267. The fourth-order valence-corrected chi connectivity index (χ4v) is 4.63. The lowest BCUT2D eigenvalue weighted by molar-refractivity contribution is 0.0762. The predicted molar refractivity (Wildman–Crippen MR) is 81.7 cm³/mol. The van der Waals surface area contributed by atoms with E-state index in [4.69, 9.17) is 0 Å². The molecular weight excluding hydrogens is 293 g/mol. The molecule has 2 nitrogen and oxygen atoms in total. The maximum atomic E-state index is 12.9. The number of hydrogen-bond donors (Lipinski definition) is 0. The molecule has 0 N–H and O–H groups in total. The van der Waals surface area contributed by atoms with E-state index in [-0.39, 0.29) is 17.1 Å². The lowest BCUT2D eigenvalue weighted by Crippen LogP contribution is -2.30. The number of hydrogen-bond acceptors (Lipinski definition) is 3. The molecule has 1 aromatic carbocycles. The lowest BCUT2D eigenvalue weighted by Gasteiger charge is -2.23. The van der Waals surface area contributed by atoms with Gasteiger partial charge in [-0.05, 0) is 43.3 Å². The largest absolute Gasteiger partial charge is 0.321 e. The van der Waals surface area contributed by atoms with Crippen molar-refractivity contribution in [1.29, 1.82) is 0 Å². The zero-order valence-corrected chi connectivity index (χ0v) is 12.6. The smallest absolute Gasteiger partial charge is 0.255 e. The normalized spacial score (nSPS) is 18.5. The maximum Gasteiger partial charge on any atom is 0.255 e. The average Bonchev–Trinajstić information content (AvgIpc) is 3.07. The Labute approximate surface area is 125 Å². The van der Waals surface area contributed by atoms with Crippen LogP contribution in [0.15, 0.2) is 36.4 Å².